The van der Waals surface area contributed by atoms with E-state index >= 15 is 0 Å². The van der Waals surface area contributed by atoms with Crippen molar-refractivity contribution in [2.45, 2.75) is 76.5 Å². The van der Waals surface area contributed by atoms with Gasteiger partial charge in [0.1, 0.15) is 18.1 Å². The van der Waals surface area contributed by atoms with E-state index in [0.717, 1.165) is 11.1 Å². The van der Waals surface area contributed by atoms with Crippen LogP contribution in [0.1, 0.15) is 50.7 Å². The molecule has 0 bridgehead atoms. The maximum absolute atomic E-state index is 13.9. The van der Waals surface area contributed by atoms with Crippen molar-refractivity contribution in [1.29, 1.82) is 0 Å². The number of amides is 4. The van der Waals surface area contributed by atoms with Crippen molar-refractivity contribution in [1.82, 2.24) is 30.8 Å². The minimum atomic E-state index is -0.990. The number of aromatic nitrogens is 2. The molecule has 1 aromatic heterocycles. The molecule has 0 radical (unpaired) electrons. The summed E-state index contributed by atoms with van der Waals surface area (Å²) in [5.74, 6) is -0.948. The molecule has 0 spiro atoms. The summed E-state index contributed by atoms with van der Waals surface area (Å²) >= 11 is 0. The lowest BCUT2D eigenvalue weighted by Crippen LogP contribution is -2.59. The molecule has 13 heteroatoms. The Balaban J connectivity index is 1.45. The number of nitrogens with one attached hydrogen (secondary N) is 3. The van der Waals surface area contributed by atoms with Crippen molar-refractivity contribution in [3.63, 3.8) is 0 Å². The molecule has 7 N–H and O–H groups in total. The third-order valence-electron chi connectivity index (χ3n) is 8.88. The predicted molar refractivity (Wildman–Crippen MR) is 197 cm³/mol. The standard InChI is InChI=1S/C38H53N9O4/c1-27(2)24-32(35(49)43-31(16-9-10-17-39)37(51)46-20-22-47(23-21-46)38-41-18-11-19-42-38)45-36(50)33(26-29-14-7-4-8-15-29)44-34(48)30(40)25-28-12-5-3-6-13-28/h3-8,11-15,18-19,27,30-33H,9-10,16-17,20-26,39-40H2,1-2H3,(H,43,49)(H,44,48)(H,45,50)/t30-,31-,32-,33-/m1/s1. The lowest BCUT2D eigenvalue weighted by atomic mass is 9.99. The van der Waals surface area contributed by atoms with Gasteiger partial charge in [-0.1, -0.05) is 74.5 Å². The van der Waals surface area contributed by atoms with Gasteiger partial charge >= 0.3 is 0 Å². The van der Waals surface area contributed by atoms with Gasteiger partial charge in [0.05, 0.1) is 6.04 Å². The highest BCUT2D eigenvalue weighted by molar-refractivity contribution is 5.95. The Morgan fingerprint density at radius 3 is 1.84 bits per heavy atom. The second-order valence-electron chi connectivity index (χ2n) is 13.4. The summed E-state index contributed by atoms with van der Waals surface area (Å²) in [5.41, 5.74) is 13.8. The Morgan fingerprint density at radius 1 is 0.706 bits per heavy atom. The summed E-state index contributed by atoms with van der Waals surface area (Å²) in [7, 11) is 0. The highest BCUT2D eigenvalue weighted by atomic mass is 16.2. The zero-order chi connectivity index (χ0) is 36.6. The maximum Gasteiger partial charge on any atom is 0.245 e. The normalized spacial score (nSPS) is 15.4. The fraction of sp³-hybridized carbons (Fsp3) is 0.474. The van der Waals surface area contributed by atoms with Gasteiger partial charge in [0, 0.05) is 45.0 Å². The Bertz CT molecular complexity index is 1520. The van der Waals surface area contributed by atoms with Gasteiger partial charge < -0.3 is 37.2 Å². The smallest absolute Gasteiger partial charge is 0.245 e. The highest BCUT2D eigenvalue weighted by Gasteiger charge is 2.33. The third kappa shape index (κ3) is 12.4. The van der Waals surface area contributed by atoms with Crippen LogP contribution in [0.3, 0.4) is 0 Å². The number of anilines is 1. The molecule has 4 rings (SSSR count). The third-order valence-corrected chi connectivity index (χ3v) is 8.88. The summed E-state index contributed by atoms with van der Waals surface area (Å²) in [5, 5.41) is 8.72. The van der Waals surface area contributed by atoms with Crippen LogP contribution in [0.4, 0.5) is 5.95 Å². The minimum absolute atomic E-state index is 0.0437. The summed E-state index contributed by atoms with van der Waals surface area (Å²) < 4.78 is 0. The molecule has 274 valence electrons. The summed E-state index contributed by atoms with van der Waals surface area (Å²) in [6.45, 7) is 6.43. The number of nitrogens with zero attached hydrogens (tertiary/aromatic N) is 4. The van der Waals surface area contributed by atoms with Crippen LogP contribution < -0.4 is 32.3 Å². The topological polar surface area (TPSA) is 189 Å². The average Bonchev–Trinajstić information content (AvgIpc) is 3.14. The summed E-state index contributed by atoms with van der Waals surface area (Å²) in [6.07, 6.45) is 5.99. The van der Waals surface area contributed by atoms with Crippen LogP contribution in [0, 0.1) is 5.92 Å². The number of carbonyl (C=O) groups excluding carboxylic acids is 4. The highest BCUT2D eigenvalue weighted by Crippen LogP contribution is 2.14. The van der Waals surface area contributed by atoms with E-state index in [1.807, 2.05) is 79.4 Å². The Kier molecular flexibility index (Phi) is 15.3. The zero-order valence-corrected chi connectivity index (χ0v) is 29.7. The molecule has 0 aliphatic carbocycles. The molecule has 1 aliphatic heterocycles. The molecule has 51 heavy (non-hydrogen) atoms. The van der Waals surface area contributed by atoms with Gasteiger partial charge in [0.25, 0.3) is 0 Å². The SMILES string of the molecule is CC(C)C[C@@H](NC(=O)[C@@H](Cc1ccccc1)NC(=O)[C@H](N)Cc1ccccc1)C(=O)N[C@H](CCCCN)C(=O)N1CCN(c2ncccn2)CC1. The number of hydrogen-bond acceptors (Lipinski definition) is 9. The van der Waals surface area contributed by atoms with Gasteiger partial charge in [-0.25, -0.2) is 9.97 Å². The van der Waals surface area contributed by atoms with Crippen LogP contribution in [0.5, 0.6) is 0 Å². The predicted octanol–water partition coefficient (Wildman–Crippen LogP) is 1.57. The molecule has 4 amide bonds. The van der Waals surface area contributed by atoms with Gasteiger partial charge in [0.2, 0.25) is 29.6 Å². The number of nitrogens with two attached hydrogens (primary N) is 2. The fourth-order valence-corrected chi connectivity index (χ4v) is 6.10. The van der Waals surface area contributed by atoms with Crippen molar-refractivity contribution < 1.29 is 19.2 Å². The monoisotopic (exact) mass is 699 g/mol. The molecule has 3 aromatic rings. The van der Waals surface area contributed by atoms with Gasteiger partial charge in [-0.2, -0.15) is 0 Å². The molecule has 1 aliphatic rings. The summed E-state index contributed by atoms with van der Waals surface area (Å²) in [4.78, 5) is 67.4. The fourth-order valence-electron chi connectivity index (χ4n) is 6.10. The van der Waals surface area contributed by atoms with E-state index in [1.54, 1.807) is 23.4 Å². The lowest BCUT2D eigenvalue weighted by Gasteiger charge is -2.36. The van der Waals surface area contributed by atoms with Gasteiger partial charge in [-0.3, -0.25) is 19.2 Å². The van der Waals surface area contributed by atoms with Crippen LogP contribution in [-0.4, -0.2) is 95.4 Å². The van der Waals surface area contributed by atoms with Crippen LogP contribution in [0.25, 0.3) is 0 Å². The molecule has 0 saturated carbocycles. The van der Waals surface area contributed by atoms with Crippen molar-refractivity contribution in [2.75, 3.05) is 37.6 Å². The first-order valence-electron chi connectivity index (χ1n) is 17.9. The van der Waals surface area contributed by atoms with Crippen molar-refractivity contribution in [3.8, 4) is 0 Å². The van der Waals surface area contributed by atoms with Crippen molar-refractivity contribution in [2.24, 2.45) is 17.4 Å². The Hall–Kier alpha value is -4.88. The molecule has 2 heterocycles. The van der Waals surface area contributed by atoms with E-state index in [9.17, 15) is 19.2 Å². The minimum Gasteiger partial charge on any atom is -0.343 e. The van der Waals surface area contributed by atoms with Crippen LogP contribution in [0.15, 0.2) is 79.1 Å². The molecule has 1 fully saturated rings. The number of piperazine rings is 1. The zero-order valence-electron chi connectivity index (χ0n) is 29.7. The van der Waals surface area contributed by atoms with Crippen molar-refractivity contribution >= 4 is 29.6 Å². The van der Waals surface area contributed by atoms with E-state index in [1.165, 1.54) is 0 Å². The molecular weight excluding hydrogens is 646 g/mol. The van der Waals surface area contributed by atoms with Crippen LogP contribution in [-0.2, 0) is 32.0 Å². The largest absolute Gasteiger partial charge is 0.343 e. The van der Waals surface area contributed by atoms with Gasteiger partial charge in [-0.15, -0.1) is 0 Å². The summed E-state index contributed by atoms with van der Waals surface area (Å²) in [6, 6.07) is 16.9. The molecular formula is C38H53N9O4. The second-order valence-corrected chi connectivity index (χ2v) is 13.4. The van der Waals surface area contributed by atoms with E-state index in [4.69, 9.17) is 11.5 Å². The number of hydrogen-bond donors (Lipinski definition) is 5. The number of rotatable bonds is 18. The molecule has 1 saturated heterocycles. The van der Waals surface area contributed by atoms with Crippen LogP contribution >= 0.6 is 0 Å². The number of unbranched alkanes of at least 4 members (excludes halogenated alkanes) is 1. The first-order valence-corrected chi connectivity index (χ1v) is 17.9. The maximum atomic E-state index is 13.9. The Morgan fingerprint density at radius 2 is 1.25 bits per heavy atom. The van der Waals surface area contributed by atoms with E-state index in [-0.39, 0.29) is 18.2 Å². The lowest BCUT2D eigenvalue weighted by molar-refractivity contribution is -0.138. The van der Waals surface area contributed by atoms with E-state index in [2.05, 4.69) is 25.9 Å². The molecule has 13 nitrogen and oxygen atoms in total. The van der Waals surface area contributed by atoms with Gasteiger partial charge in [0.15, 0.2) is 0 Å². The van der Waals surface area contributed by atoms with E-state index in [0.29, 0.717) is 70.8 Å². The second kappa shape index (κ2) is 20.1. The Labute approximate surface area is 301 Å². The number of benzene rings is 2. The average molecular weight is 700 g/mol. The first-order chi connectivity index (χ1) is 24.6. The first kappa shape index (κ1) is 38.9. The van der Waals surface area contributed by atoms with E-state index < -0.39 is 41.9 Å². The molecule has 4 atom stereocenters. The van der Waals surface area contributed by atoms with Crippen LogP contribution in [0.2, 0.25) is 0 Å². The molecule has 2 aromatic carbocycles. The van der Waals surface area contributed by atoms with Crippen molar-refractivity contribution in [3.05, 3.63) is 90.3 Å². The number of carbonyl (C=O) groups is 4. The van der Waals surface area contributed by atoms with Gasteiger partial charge in [-0.05, 0) is 61.8 Å². The quantitative estimate of drug-likeness (QED) is 0.123. The molecule has 0 unspecified atom stereocenters.